The van der Waals surface area contributed by atoms with Crippen LogP contribution in [0, 0.1) is 0 Å². The fourth-order valence-electron chi connectivity index (χ4n) is 0.726. The number of aliphatic hydroxyl groups is 1. The van der Waals surface area contributed by atoms with Crippen LogP contribution in [0.3, 0.4) is 0 Å². The molecule has 68 valence electrons. The number of thioether (sulfide) groups is 1. The first-order chi connectivity index (χ1) is 5.88. The highest BCUT2D eigenvalue weighted by Crippen LogP contribution is 2.21. The summed E-state index contributed by atoms with van der Waals surface area (Å²) < 4.78 is 3.83. The van der Waals surface area contributed by atoms with Gasteiger partial charge in [-0.2, -0.15) is 11.8 Å². The van der Waals surface area contributed by atoms with E-state index in [1.807, 2.05) is 7.05 Å². The van der Waals surface area contributed by atoms with Gasteiger partial charge < -0.3 is 10.4 Å². The van der Waals surface area contributed by atoms with Crippen molar-refractivity contribution in [2.75, 3.05) is 24.7 Å². The van der Waals surface area contributed by atoms with Crippen LogP contribution in [0.2, 0.25) is 0 Å². The fraction of sp³-hybridized carbons (Fsp3) is 0.667. The van der Waals surface area contributed by atoms with E-state index in [0.717, 1.165) is 22.2 Å². The number of anilines is 1. The lowest BCUT2D eigenvalue weighted by atomic mass is 10.5. The molecule has 0 saturated heterocycles. The summed E-state index contributed by atoms with van der Waals surface area (Å²) in [7, 11) is 1.86. The smallest absolute Gasteiger partial charge is 0.133 e. The molecular weight excluding hydrogens is 194 g/mol. The second-order valence-electron chi connectivity index (χ2n) is 2.07. The van der Waals surface area contributed by atoms with Crippen LogP contribution in [0.4, 0.5) is 5.00 Å². The molecule has 0 atom stereocenters. The third kappa shape index (κ3) is 2.62. The summed E-state index contributed by atoms with van der Waals surface area (Å²) in [4.78, 5) is 0. The SMILES string of the molecule is CNc1snnc1CSCCO. The minimum Gasteiger partial charge on any atom is -0.396 e. The number of rotatable bonds is 5. The van der Waals surface area contributed by atoms with Gasteiger partial charge in [0.2, 0.25) is 0 Å². The van der Waals surface area contributed by atoms with Crippen LogP contribution in [0.1, 0.15) is 5.69 Å². The molecule has 1 aromatic rings. The predicted octanol–water partition coefficient (Wildman–Crippen LogP) is 0.805. The molecule has 1 aromatic heterocycles. The Labute approximate surface area is 79.5 Å². The Bertz CT molecular complexity index is 228. The second kappa shape index (κ2) is 5.34. The summed E-state index contributed by atoms with van der Waals surface area (Å²) in [6, 6.07) is 0. The molecular formula is C6H11N3OS2. The Morgan fingerprint density at radius 3 is 3.17 bits per heavy atom. The Kier molecular flexibility index (Phi) is 4.34. The maximum atomic E-state index is 8.55. The van der Waals surface area contributed by atoms with E-state index < -0.39 is 0 Å². The number of hydrogen-bond donors (Lipinski definition) is 2. The van der Waals surface area contributed by atoms with Crippen molar-refractivity contribution in [2.24, 2.45) is 0 Å². The molecule has 6 heteroatoms. The summed E-state index contributed by atoms with van der Waals surface area (Å²) in [6.45, 7) is 0.219. The van der Waals surface area contributed by atoms with Gasteiger partial charge in [0.1, 0.15) is 10.7 Å². The molecule has 1 rings (SSSR count). The van der Waals surface area contributed by atoms with Gasteiger partial charge in [0.05, 0.1) is 6.61 Å². The van der Waals surface area contributed by atoms with E-state index in [4.69, 9.17) is 5.11 Å². The summed E-state index contributed by atoms with van der Waals surface area (Å²) >= 11 is 3.01. The number of aromatic nitrogens is 2. The molecule has 0 aliphatic carbocycles. The van der Waals surface area contributed by atoms with E-state index in [2.05, 4.69) is 14.9 Å². The van der Waals surface area contributed by atoms with Crippen molar-refractivity contribution in [2.45, 2.75) is 5.75 Å². The Morgan fingerprint density at radius 1 is 1.67 bits per heavy atom. The van der Waals surface area contributed by atoms with Gasteiger partial charge >= 0.3 is 0 Å². The standard InChI is InChI=1S/C6H11N3OS2/c1-7-6-5(8-9-12-6)4-11-3-2-10/h7,10H,2-4H2,1H3. The first-order valence-electron chi connectivity index (χ1n) is 3.56. The van der Waals surface area contributed by atoms with Crippen LogP contribution in [0.15, 0.2) is 0 Å². The van der Waals surface area contributed by atoms with Crippen molar-refractivity contribution < 1.29 is 5.11 Å². The number of hydrogen-bond acceptors (Lipinski definition) is 6. The third-order valence-electron chi connectivity index (χ3n) is 1.26. The highest BCUT2D eigenvalue weighted by atomic mass is 32.2. The quantitative estimate of drug-likeness (QED) is 0.697. The molecule has 0 aromatic carbocycles. The molecule has 12 heavy (non-hydrogen) atoms. The Balaban J connectivity index is 2.39. The van der Waals surface area contributed by atoms with Crippen LogP contribution >= 0.6 is 23.3 Å². The topological polar surface area (TPSA) is 58.0 Å². The largest absolute Gasteiger partial charge is 0.396 e. The Hall–Kier alpha value is -0.330. The van der Waals surface area contributed by atoms with Crippen molar-refractivity contribution in [1.29, 1.82) is 0 Å². The molecule has 0 radical (unpaired) electrons. The van der Waals surface area contributed by atoms with Crippen molar-refractivity contribution in [1.82, 2.24) is 9.59 Å². The molecule has 4 nitrogen and oxygen atoms in total. The van der Waals surface area contributed by atoms with E-state index in [0.29, 0.717) is 0 Å². The molecule has 0 saturated carbocycles. The minimum atomic E-state index is 0.219. The summed E-state index contributed by atoms with van der Waals surface area (Å²) in [6.07, 6.45) is 0. The lowest BCUT2D eigenvalue weighted by Gasteiger charge is -1.98. The molecule has 0 bridgehead atoms. The van der Waals surface area contributed by atoms with Crippen LogP contribution < -0.4 is 5.32 Å². The maximum Gasteiger partial charge on any atom is 0.133 e. The average Bonchev–Trinajstić information content (AvgIpc) is 2.52. The van der Waals surface area contributed by atoms with Gasteiger partial charge in [-0.25, -0.2) is 0 Å². The van der Waals surface area contributed by atoms with Crippen LogP contribution in [-0.2, 0) is 5.75 Å². The van der Waals surface area contributed by atoms with Gasteiger partial charge in [-0.15, -0.1) is 5.10 Å². The second-order valence-corrected chi connectivity index (χ2v) is 3.93. The lowest BCUT2D eigenvalue weighted by molar-refractivity contribution is 0.322. The molecule has 0 unspecified atom stereocenters. The van der Waals surface area contributed by atoms with E-state index in [-0.39, 0.29) is 6.61 Å². The van der Waals surface area contributed by atoms with Crippen LogP contribution in [0.25, 0.3) is 0 Å². The highest BCUT2D eigenvalue weighted by molar-refractivity contribution is 7.98. The van der Waals surface area contributed by atoms with Crippen LogP contribution in [0.5, 0.6) is 0 Å². The van der Waals surface area contributed by atoms with Crippen molar-refractivity contribution in [3.8, 4) is 0 Å². The fourth-order valence-corrected chi connectivity index (χ4v) is 2.02. The molecule has 0 spiro atoms. The van der Waals surface area contributed by atoms with Gasteiger partial charge in [0, 0.05) is 30.1 Å². The summed E-state index contributed by atoms with van der Waals surface area (Å²) in [5.41, 5.74) is 0.973. The van der Waals surface area contributed by atoms with Gasteiger partial charge in [0.25, 0.3) is 0 Å². The number of aliphatic hydroxyl groups excluding tert-OH is 1. The van der Waals surface area contributed by atoms with Gasteiger partial charge in [-0.1, -0.05) is 4.49 Å². The van der Waals surface area contributed by atoms with E-state index in [1.54, 1.807) is 11.8 Å². The zero-order valence-electron chi connectivity index (χ0n) is 6.78. The molecule has 2 N–H and O–H groups in total. The Morgan fingerprint density at radius 2 is 2.50 bits per heavy atom. The third-order valence-corrected chi connectivity index (χ3v) is 2.99. The van der Waals surface area contributed by atoms with Crippen molar-refractivity contribution in [3.05, 3.63) is 5.69 Å². The highest BCUT2D eigenvalue weighted by Gasteiger charge is 2.04. The molecule has 0 aliphatic heterocycles. The van der Waals surface area contributed by atoms with E-state index >= 15 is 0 Å². The minimum absolute atomic E-state index is 0.219. The van der Waals surface area contributed by atoms with Crippen molar-refractivity contribution in [3.63, 3.8) is 0 Å². The van der Waals surface area contributed by atoms with E-state index in [1.165, 1.54) is 11.5 Å². The molecule has 0 amide bonds. The summed E-state index contributed by atoms with van der Waals surface area (Å²) in [5, 5.41) is 16.5. The van der Waals surface area contributed by atoms with Crippen LogP contribution in [-0.4, -0.2) is 34.1 Å². The zero-order chi connectivity index (χ0) is 8.81. The van der Waals surface area contributed by atoms with E-state index in [9.17, 15) is 0 Å². The molecule has 1 heterocycles. The monoisotopic (exact) mass is 205 g/mol. The van der Waals surface area contributed by atoms with Crippen molar-refractivity contribution >= 4 is 28.3 Å². The average molecular weight is 205 g/mol. The van der Waals surface area contributed by atoms with Gasteiger partial charge in [-0.05, 0) is 0 Å². The van der Waals surface area contributed by atoms with Gasteiger partial charge in [0.15, 0.2) is 0 Å². The first-order valence-corrected chi connectivity index (χ1v) is 5.49. The predicted molar refractivity (Wildman–Crippen MR) is 52.7 cm³/mol. The first kappa shape index (κ1) is 9.76. The number of nitrogens with one attached hydrogen (secondary N) is 1. The zero-order valence-corrected chi connectivity index (χ0v) is 8.41. The lowest BCUT2D eigenvalue weighted by Crippen LogP contribution is -1.92. The maximum absolute atomic E-state index is 8.55. The summed E-state index contributed by atoms with van der Waals surface area (Å²) in [5.74, 6) is 1.56. The molecule has 0 aliphatic rings. The molecule has 0 fully saturated rings. The number of nitrogens with zero attached hydrogens (tertiary/aromatic N) is 2. The van der Waals surface area contributed by atoms with Gasteiger partial charge in [-0.3, -0.25) is 0 Å². The normalized spacial score (nSPS) is 10.2.